The fraction of sp³-hybridized carbons (Fsp3) is 0.579. The first-order valence-electron chi connectivity index (χ1n) is 8.16. The summed E-state index contributed by atoms with van der Waals surface area (Å²) in [7, 11) is 0. The van der Waals surface area contributed by atoms with E-state index < -0.39 is 5.60 Å². The van der Waals surface area contributed by atoms with E-state index in [4.69, 9.17) is 0 Å². The van der Waals surface area contributed by atoms with Crippen LogP contribution >= 0.6 is 0 Å². The largest absolute Gasteiger partial charge is 0.385 e. The van der Waals surface area contributed by atoms with Crippen molar-refractivity contribution in [2.75, 3.05) is 0 Å². The Hall–Kier alpha value is -1.12. The smallest absolute Gasteiger partial charge is 0.0886 e. The topological polar surface area (TPSA) is 23.5 Å². The van der Waals surface area contributed by atoms with Crippen molar-refractivity contribution in [1.29, 1.82) is 0 Å². The lowest BCUT2D eigenvalue weighted by atomic mass is 9.79. The standard InChI is InChI=1S/C19H27NO/c1-14(2)15(3)19(21)11-17-9-10-18(12-19)20(17)13-16-7-5-4-6-8-16/h4-8,17-18,21H,9-13H2,1-3H3. The highest BCUT2D eigenvalue weighted by atomic mass is 16.3. The first-order chi connectivity index (χ1) is 9.99. The molecular weight excluding hydrogens is 258 g/mol. The molecule has 2 nitrogen and oxygen atoms in total. The predicted octanol–water partition coefficient (Wildman–Crippen LogP) is 3.90. The second-order valence-corrected chi connectivity index (χ2v) is 7.11. The molecule has 0 aromatic heterocycles. The number of allylic oxidation sites excluding steroid dienone is 1. The van der Waals surface area contributed by atoms with Crippen molar-refractivity contribution in [2.24, 2.45) is 0 Å². The van der Waals surface area contributed by atoms with Crippen LogP contribution in [0.5, 0.6) is 0 Å². The Morgan fingerprint density at radius 2 is 1.67 bits per heavy atom. The molecule has 2 heteroatoms. The number of nitrogens with zero attached hydrogens (tertiary/aromatic N) is 1. The molecule has 1 aromatic carbocycles. The van der Waals surface area contributed by atoms with Crippen LogP contribution in [-0.4, -0.2) is 27.7 Å². The highest BCUT2D eigenvalue weighted by molar-refractivity contribution is 5.24. The first kappa shape index (κ1) is 14.8. The molecule has 2 atom stereocenters. The molecule has 2 aliphatic heterocycles. The molecule has 0 amide bonds. The van der Waals surface area contributed by atoms with E-state index in [1.165, 1.54) is 29.6 Å². The lowest BCUT2D eigenvalue weighted by molar-refractivity contribution is -0.0292. The highest BCUT2D eigenvalue weighted by Gasteiger charge is 2.48. The van der Waals surface area contributed by atoms with Crippen LogP contribution in [0.2, 0.25) is 0 Å². The summed E-state index contributed by atoms with van der Waals surface area (Å²) in [5.74, 6) is 0. The van der Waals surface area contributed by atoms with Gasteiger partial charge < -0.3 is 5.11 Å². The molecule has 2 aliphatic rings. The molecule has 114 valence electrons. The van der Waals surface area contributed by atoms with E-state index in [1.807, 2.05) is 0 Å². The van der Waals surface area contributed by atoms with Crippen molar-refractivity contribution in [1.82, 2.24) is 4.90 Å². The minimum Gasteiger partial charge on any atom is -0.385 e. The van der Waals surface area contributed by atoms with Crippen LogP contribution in [-0.2, 0) is 6.54 Å². The molecule has 0 spiro atoms. The Kier molecular flexibility index (Phi) is 3.94. The van der Waals surface area contributed by atoms with E-state index in [0.717, 1.165) is 19.4 Å². The first-order valence-corrected chi connectivity index (χ1v) is 8.16. The molecule has 1 aromatic rings. The Morgan fingerprint density at radius 1 is 1.10 bits per heavy atom. The summed E-state index contributed by atoms with van der Waals surface area (Å²) in [6.45, 7) is 7.37. The Balaban J connectivity index is 1.77. The number of benzene rings is 1. The summed E-state index contributed by atoms with van der Waals surface area (Å²) in [5, 5.41) is 11.1. The third-order valence-corrected chi connectivity index (χ3v) is 5.57. The molecule has 2 bridgehead atoms. The average Bonchev–Trinajstić information content (AvgIpc) is 2.71. The van der Waals surface area contributed by atoms with E-state index in [1.54, 1.807) is 0 Å². The Labute approximate surface area is 128 Å². The molecule has 2 fully saturated rings. The van der Waals surface area contributed by atoms with Gasteiger partial charge in [-0.2, -0.15) is 0 Å². The van der Waals surface area contributed by atoms with Gasteiger partial charge in [0.2, 0.25) is 0 Å². The van der Waals surface area contributed by atoms with Crippen LogP contribution in [0.15, 0.2) is 41.5 Å². The zero-order valence-corrected chi connectivity index (χ0v) is 13.5. The van der Waals surface area contributed by atoms with Crippen molar-refractivity contribution < 1.29 is 5.11 Å². The minimum atomic E-state index is -0.572. The third-order valence-electron chi connectivity index (χ3n) is 5.57. The fourth-order valence-electron chi connectivity index (χ4n) is 4.14. The molecule has 21 heavy (non-hydrogen) atoms. The van der Waals surface area contributed by atoms with Crippen LogP contribution < -0.4 is 0 Å². The number of rotatable bonds is 3. The van der Waals surface area contributed by atoms with E-state index in [9.17, 15) is 5.11 Å². The third kappa shape index (κ3) is 2.79. The normalized spacial score (nSPS) is 32.2. The zero-order valence-electron chi connectivity index (χ0n) is 13.5. The highest BCUT2D eigenvalue weighted by Crippen LogP contribution is 2.45. The summed E-state index contributed by atoms with van der Waals surface area (Å²) in [4.78, 5) is 2.63. The van der Waals surface area contributed by atoms with Crippen LogP contribution in [0.1, 0.15) is 52.0 Å². The molecule has 1 N–H and O–H groups in total. The van der Waals surface area contributed by atoms with Gasteiger partial charge in [-0.05, 0) is 57.6 Å². The Morgan fingerprint density at radius 3 is 2.19 bits per heavy atom. The van der Waals surface area contributed by atoms with Gasteiger partial charge in [-0.3, -0.25) is 4.90 Å². The number of aliphatic hydroxyl groups is 1. The molecule has 0 radical (unpaired) electrons. The van der Waals surface area contributed by atoms with Crippen LogP contribution in [0, 0.1) is 0 Å². The van der Waals surface area contributed by atoms with Gasteiger partial charge in [0.1, 0.15) is 0 Å². The van der Waals surface area contributed by atoms with Gasteiger partial charge in [0.25, 0.3) is 0 Å². The summed E-state index contributed by atoms with van der Waals surface area (Å²) < 4.78 is 0. The number of fused-ring (bicyclic) bond motifs is 2. The number of piperidine rings is 1. The SMILES string of the molecule is CC(C)=C(C)C1(O)CC2CCC(C1)N2Cc1ccccc1. The Bertz CT molecular complexity index is 516. The van der Waals surface area contributed by atoms with Gasteiger partial charge in [-0.15, -0.1) is 0 Å². The summed E-state index contributed by atoms with van der Waals surface area (Å²) in [5.41, 5.74) is 3.28. The van der Waals surface area contributed by atoms with E-state index in [2.05, 4.69) is 56.0 Å². The predicted molar refractivity (Wildman–Crippen MR) is 87.0 cm³/mol. The van der Waals surface area contributed by atoms with Gasteiger partial charge in [-0.1, -0.05) is 35.9 Å². The molecular formula is C19H27NO. The van der Waals surface area contributed by atoms with Crippen LogP contribution in [0.3, 0.4) is 0 Å². The molecule has 2 saturated heterocycles. The van der Waals surface area contributed by atoms with Crippen molar-refractivity contribution in [3.05, 3.63) is 47.0 Å². The van der Waals surface area contributed by atoms with Gasteiger partial charge >= 0.3 is 0 Å². The maximum Gasteiger partial charge on any atom is 0.0886 e. The van der Waals surface area contributed by atoms with Crippen LogP contribution in [0.25, 0.3) is 0 Å². The van der Waals surface area contributed by atoms with Crippen molar-refractivity contribution in [3.63, 3.8) is 0 Å². The second-order valence-electron chi connectivity index (χ2n) is 7.11. The molecule has 0 aliphatic carbocycles. The maximum atomic E-state index is 11.1. The summed E-state index contributed by atoms with van der Waals surface area (Å²) in [6, 6.07) is 11.8. The van der Waals surface area contributed by atoms with Gasteiger partial charge in [-0.25, -0.2) is 0 Å². The van der Waals surface area contributed by atoms with Crippen molar-refractivity contribution >= 4 is 0 Å². The van der Waals surface area contributed by atoms with E-state index in [-0.39, 0.29) is 0 Å². The van der Waals surface area contributed by atoms with E-state index >= 15 is 0 Å². The summed E-state index contributed by atoms with van der Waals surface area (Å²) in [6.07, 6.45) is 4.26. The quantitative estimate of drug-likeness (QED) is 0.851. The molecule has 2 unspecified atom stereocenters. The van der Waals surface area contributed by atoms with Gasteiger partial charge in [0.05, 0.1) is 5.60 Å². The van der Waals surface area contributed by atoms with Crippen molar-refractivity contribution in [2.45, 2.75) is 70.7 Å². The second kappa shape index (κ2) is 5.58. The lowest BCUT2D eigenvalue weighted by Crippen LogP contribution is -2.51. The van der Waals surface area contributed by atoms with Gasteiger partial charge in [0, 0.05) is 18.6 Å². The minimum absolute atomic E-state index is 0.531. The fourth-order valence-corrected chi connectivity index (χ4v) is 4.14. The maximum absolute atomic E-state index is 11.1. The van der Waals surface area contributed by atoms with Crippen molar-refractivity contribution in [3.8, 4) is 0 Å². The summed E-state index contributed by atoms with van der Waals surface area (Å²) >= 11 is 0. The molecule has 3 rings (SSSR count). The van der Waals surface area contributed by atoms with Gasteiger partial charge in [0.15, 0.2) is 0 Å². The average molecular weight is 285 g/mol. The van der Waals surface area contributed by atoms with Crippen LogP contribution in [0.4, 0.5) is 0 Å². The molecule has 0 saturated carbocycles. The number of hydrogen-bond acceptors (Lipinski definition) is 2. The van der Waals surface area contributed by atoms with E-state index in [0.29, 0.717) is 12.1 Å². The molecule has 2 heterocycles. The lowest BCUT2D eigenvalue weighted by Gasteiger charge is -2.45. The monoisotopic (exact) mass is 285 g/mol. The number of hydrogen-bond donors (Lipinski definition) is 1. The zero-order chi connectivity index (χ0) is 15.0.